The summed E-state index contributed by atoms with van der Waals surface area (Å²) < 4.78 is 5.36. The zero-order valence-corrected chi connectivity index (χ0v) is 9.77. The summed E-state index contributed by atoms with van der Waals surface area (Å²) in [7, 11) is 0. The Morgan fingerprint density at radius 3 is 3.00 bits per heavy atom. The van der Waals surface area contributed by atoms with Crippen LogP contribution in [0.2, 0.25) is 0 Å². The molecule has 4 nitrogen and oxygen atoms in total. The van der Waals surface area contributed by atoms with E-state index >= 15 is 0 Å². The van der Waals surface area contributed by atoms with Gasteiger partial charge in [-0.3, -0.25) is 4.79 Å². The number of benzene rings is 1. The minimum atomic E-state index is -0.0720. The Hall–Kier alpha value is -1.81. The van der Waals surface area contributed by atoms with Gasteiger partial charge < -0.3 is 14.7 Å². The SMILES string of the molecule is C=C(C)CN1C(=O)COc2cc(CO)ccc21. The number of fused-ring (bicyclic) bond motifs is 1. The quantitative estimate of drug-likeness (QED) is 0.804. The number of hydrogen-bond acceptors (Lipinski definition) is 3. The first-order valence-corrected chi connectivity index (χ1v) is 5.43. The van der Waals surface area contributed by atoms with Gasteiger partial charge in [0, 0.05) is 6.54 Å². The van der Waals surface area contributed by atoms with E-state index in [0.717, 1.165) is 16.8 Å². The third-order valence-electron chi connectivity index (χ3n) is 2.58. The number of ether oxygens (including phenoxy) is 1. The van der Waals surface area contributed by atoms with Crippen molar-refractivity contribution in [1.29, 1.82) is 0 Å². The number of carbonyl (C=O) groups excluding carboxylic acids is 1. The van der Waals surface area contributed by atoms with Crippen LogP contribution in [-0.2, 0) is 11.4 Å². The first-order valence-electron chi connectivity index (χ1n) is 5.43. The number of nitrogens with zero attached hydrogens (tertiary/aromatic N) is 1. The molecule has 90 valence electrons. The van der Waals surface area contributed by atoms with Gasteiger partial charge in [-0.05, 0) is 24.6 Å². The Kier molecular flexibility index (Phi) is 3.15. The molecule has 1 aliphatic heterocycles. The van der Waals surface area contributed by atoms with E-state index in [1.807, 2.05) is 6.92 Å². The van der Waals surface area contributed by atoms with Gasteiger partial charge in [0.15, 0.2) is 6.61 Å². The predicted molar refractivity (Wildman–Crippen MR) is 65.0 cm³/mol. The summed E-state index contributed by atoms with van der Waals surface area (Å²) in [4.78, 5) is 13.4. The molecule has 0 aliphatic carbocycles. The number of amides is 1. The Morgan fingerprint density at radius 1 is 1.59 bits per heavy atom. The van der Waals surface area contributed by atoms with Crippen molar-refractivity contribution in [3.05, 3.63) is 35.9 Å². The third kappa shape index (κ3) is 2.31. The first-order chi connectivity index (χ1) is 8.11. The normalized spacial score (nSPS) is 14.2. The summed E-state index contributed by atoms with van der Waals surface area (Å²) in [6, 6.07) is 5.33. The van der Waals surface area contributed by atoms with E-state index in [0.29, 0.717) is 12.3 Å². The maximum Gasteiger partial charge on any atom is 0.265 e. The zero-order chi connectivity index (χ0) is 12.4. The molecule has 17 heavy (non-hydrogen) atoms. The van der Waals surface area contributed by atoms with Crippen LogP contribution in [0.3, 0.4) is 0 Å². The number of hydrogen-bond donors (Lipinski definition) is 1. The van der Waals surface area contributed by atoms with Crippen molar-refractivity contribution in [2.24, 2.45) is 0 Å². The standard InChI is InChI=1S/C13H15NO3/c1-9(2)6-14-11-4-3-10(7-15)5-12(11)17-8-13(14)16/h3-5,15H,1,6-8H2,2H3. The van der Waals surface area contributed by atoms with Gasteiger partial charge in [-0.2, -0.15) is 0 Å². The second-order valence-corrected chi connectivity index (χ2v) is 4.19. The maximum absolute atomic E-state index is 11.8. The Balaban J connectivity index is 2.37. The highest BCUT2D eigenvalue weighted by molar-refractivity contribution is 5.98. The van der Waals surface area contributed by atoms with E-state index in [-0.39, 0.29) is 19.1 Å². The van der Waals surface area contributed by atoms with Crippen LogP contribution in [0.4, 0.5) is 5.69 Å². The van der Waals surface area contributed by atoms with Crippen molar-refractivity contribution in [3.8, 4) is 5.75 Å². The van der Waals surface area contributed by atoms with Crippen LogP contribution in [0.5, 0.6) is 5.75 Å². The molecule has 1 aromatic carbocycles. The van der Waals surface area contributed by atoms with E-state index in [2.05, 4.69) is 6.58 Å². The fourth-order valence-corrected chi connectivity index (χ4v) is 1.79. The van der Waals surface area contributed by atoms with Crippen LogP contribution in [0.1, 0.15) is 12.5 Å². The Morgan fingerprint density at radius 2 is 2.35 bits per heavy atom. The third-order valence-corrected chi connectivity index (χ3v) is 2.58. The zero-order valence-electron chi connectivity index (χ0n) is 9.77. The van der Waals surface area contributed by atoms with Crippen LogP contribution < -0.4 is 9.64 Å². The molecule has 4 heteroatoms. The average molecular weight is 233 g/mol. The molecule has 1 heterocycles. The molecule has 0 spiro atoms. The minimum Gasteiger partial charge on any atom is -0.482 e. The highest BCUT2D eigenvalue weighted by Crippen LogP contribution is 2.33. The molecule has 0 saturated carbocycles. The molecule has 1 aromatic rings. The largest absolute Gasteiger partial charge is 0.482 e. The van der Waals surface area contributed by atoms with Crippen LogP contribution >= 0.6 is 0 Å². The van der Waals surface area contributed by atoms with E-state index in [1.54, 1.807) is 23.1 Å². The summed E-state index contributed by atoms with van der Waals surface area (Å²) >= 11 is 0. The molecule has 0 saturated heterocycles. The van der Waals surface area contributed by atoms with Gasteiger partial charge in [0.2, 0.25) is 0 Å². The molecule has 0 aromatic heterocycles. The van der Waals surface area contributed by atoms with Crippen molar-refractivity contribution in [3.63, 3.8) is 0 Å². The lowest BCUT2D eigenvalue weighted by Crippen LogP contribution is -2.39. The summed E-state index contributed by atoms with van der Waals surface area (Å²) in [6.07, 6.45) is 0. The molecule has 0 unspecified atom stereocenters. The van der Waals surface area contributed by atoms with Crippen molar-refractivity contribution < 1.29 is 14.6 Å². The van der Waals surface area contributed by atoms with Crippen LogP contribution in [0.15, 0.2) is 30.4 Å². The van der Waals surface area contributed by atoms with Gasteiger partial charge in [0.1, 0.15) is 5.75 Å². The second-order valence-electron chi connectivity index (χ2n) is 4.19. The molecular weight excluding hydrogens is 218 g/mol. The highest BCUT2D eigenvalue weighted by Gasteiger charge is 2.25. The minimum absolute atomic E-state index is 0.0366. The molecule has 1 aliphatic rings. The van der Waals surface area contributed by atoms with Crippen LogP contribution in [-0.4, -0.2) is 24.2 Å². The molecule has 2 rings (SSSR count). The lowest BCUT2D eigenvalue weighted by atomic mass is 10.1. The average Bonchev–Trinajstić information content (AvgIpc) is 2.32. The van der Waals surface area contributed by atoms with Crippen LogP contribution in [0, 0.1) is 0 Å². The van der Waals surface area contributed by atoms with Crippen molar-refractivity contribution in [1.82, 2.24) is 0 Å². The summed E-state index contributed by atoms with van der Waals surface area (Å²) in [6.45, 7) is 6.19. The molecular formula is C13H15NO3. The predicted octanol–water partition coefficient (Wildman–Crippen LogP) is 1.48. The first kappa shape index (κ1) is 11.7. The number of carbonyl (C=O) groups is 1. The van der Waals surface area contributed by atoms with Gasteiger partial charge in [0.25, 0.3) is 5.91 Å². The molecule has 0 radical (unpaired) electrons. The number of anilines is 1. The molecule has 0 atom stereocenters. The van der Waals surface area contributed by atoms with Crippen molar-refractivity contribution in [2.45, 2.75) is 13.5 Å². The number of aliphatic hydroxyl groups excluding tert-OH is 1. The van der Waals surface area contributed by atoms with Crippen molar-refractivity contribution >= 4 is 11.6 Å². The fraction of sp³-hybridized carbons (Fsp3) is 0.308. The fourth-order valence-electron chi connectivity index (χ4n) is 1.79. The molecule has 0 fully saturated rings. The Labute approximate surface area is 100 Å². The monoisotopic (exact) mass is 233 g/mol. The molecule has 0 bridgehead atoms. The number of aliphatic hydroxyl groups is 1. The summed E-state index contributed by atoms with van der Waals surface area (Å²) in [5, 5.41) is 9.05. The number of rotatable bonds is 3. The maximum atomic E-state index is 11.8. The van der Waals surface area contributed by atoms with E-state index in [4.69, 9.17) is 9.84 Å². The molecule has 1 amide bonds. The molecule has 1 N–H and O–H groups in total. The topological polar surface area (TPSA) is 49.8 Å². The Bertz CT molecular complexity index is 468. The van der Waals surface area contributed by atoms with Gasteiger partial charge in [-0.25, -0.2) is 0 Å². The van der Waals surface area contributed by atoms with Gasteiger partial charge >= 0.3 is 0 Å². The van der Waals surface area contributed by atoms with E-state index < -0.39 is 0 Å². The smallest absolute Gasteiger partial charge is 0.265 e. The lowest BCUT2D eigenvalue weighted by molar-refractivity contribution is -0.121. The van der Waals surface area contributed by atoms with E-state index in [9.17, 15) is 4.79 Å². The summed E-state index contributed by atoms with van der Waals surface area (Å²) in [5.41, 5.74) is 2.42. The van der Waals surface area contributed by atoms with E-state index in [1.165, 1.54) is 0 Å². The van der Waals surface area contributed by atoms with Gasteiger partial charge in [0.05, 0.1) is 12.3 Å². The highest BCUT2D eigenvalue weighted by atomic mass is 16.5. The van der Waals surface area contributed by atoms with Crippen LogP contribution in [0.25, 0.3) is 0 Å². The van der Waals surface area contributed by atoms with Crippen molar-refractivity contribution in [2.75, 3.05) is 18.1 Å². The van der Waals surface area contributed by atoms with Gasteiger partial charge in [-0.15, -0.1) is 0 Å². The second kappa shape index (κ2) is 4.59. The summed E-state index contributed by atoms with van der Waals surface area (Å²) in [5.74, 6) is 0.564. The lowest BCUT2D eigenvalue weighted by Gasteiger charge is -2.29. The van der Waals surface area contributed by atoms with Gasteiger partial charge in [-0.1, -0.05) is 18.2 Å².